The molecule has 0 spiro atoms. The van der Waals surface area contributed by atoms with E-state index >= 15 is 0 Å². The predicted molar refractivity (Wildman–Crippen MR) is 117 cm³/mol. The van der Waals surface area contributed by atoms with Gasteiger partial charge in [0.05, 0.1) is 27.6 Å². The Morgan fingerprint density at radius 2 is 1.93 bits per heavy atom. The van der Waals surface area contributed by atoms with Crippen molar-refractivity contribution in [2.24, 2.45) is 5.92 Å². The molecule has 3 aromatic heterocycles. The second-order valence-electron chi connectivity index (χ2n) is 6.84. The molecule has 1 aliphatic rings. The van der Waals surface area contributed by atoms with Gasteiger partial charge in [0.25, 0.3) is 0 Å². The highest BCUT2D eigenvalue weighted by Gasteiger charge is 2.30. The number of aromatic amines is 1. The highest BCUT2D eigenvalue weighted by atomic mass is 35.5. The number of rotatable bonds is 6. The zero-order chi connectivity index (χ0) is 19.1. The maximum absolute atomic E-state index is 12.2. The first-order valence-electron chi connectivity index (χ1n) is 9.10. The van der Waals surface area contributed by atoms with E-state index < -0.39 is 0 Å². The van der Waals surface area contributed by atoms with Crippen molar-refractivity contribution < 1.29 is 4.79 Å². The average Bonchev–Trinajstić information content (AvgIpc) is 3.10. The monoisotopic (exact) mass is 443 g/mol. The molecule has 6 nitrogen and oxygen atoms in total. The Labute approximate surface area is 181 Å². The van der Waals surface area contributed by atoms with Crippen LogP contribution in [0.25, 0.3) is 31.8 Å². The number of H-pyrrole nitrogens is 1. The molecule has 4 aromatic rings. The molecule has 29 heavy (non-hydrogen) atoms. The van der Waals surface area contributed by atoms with Gasteiger partial charge in [-0.1, -0.05) is 30.3 Å². The van der Waals surface area contributed by atoms with Crippen molar-refractivity contribution in [1.29, 1.82) is 0 Å². The topological polar surface area (TPSA) is 84.4 Å². The van der Waals surface area contributed by atoms with Crippen molar-refractivity contribution in [3.05, 3.63) is 47.4 Å². The minimum absolute atomic E-state index is 0. The molecule has 0 bridgehead atoms. The molecule has 1 aliphatic carbocycles. The van der Waals surface area contributed by atoms with Crippen LogP contribution in [-0.2, 0) is 11.2 Å². The third-order valence-corrected chi connectivity index (χ3v) is 7.07. The van der Waals surface area contributed by atoms with E-state index in [4.69, 9.17) is 4.98 Å². The number of nitrogens with zero attached hydrogens (tertiary/aromatic N) is 4. The summed E-state index contributed by atoms with van der Waals surface area (Å²) >= 11 is 3.14. The Hall–Kier alpha value is -2.42. The van der Waals surface area contributed by atoms with Gasteiger partial charge in [0.15, 0.2) is 5.82 Å². The molecule has 1 fully saturated rings. The van der Waals surface area contributed by atoms with E-state index in [-0.39, 0.29) is 18.3 Å². The number of benzene rings is 1. The van der Waals surface area contributed by atoms with Gasteiger partial charge in [-0.3, -0.25) is 9.89 Å². The average molecular weight is 444 g/mol. The SMILES string of the molecule is Cc1nc(CC(=O)C2CC2)sc1-c1nc(-c2ccccc2)c(-c2ncn[nH]2)s1.Cl. The number of hydrogen-bond donors (Lipinski definition) is 1. The number of carbonyl (C=O) groups excluding carboxylic acids is 1. The lowest BCUT2D eigenvalue weighted by atomic mass is 10.1. The predicted octanol–water partition coefficient (Wildman–Crippen LogP) is 4.97. The Kier molecular flexibility index (Phi) is 5.58. The van der Waals surface area contributed by atoms with Gasteiger partial charge in [0.2, 0.25) is 0 Å². The van der Waals surface area contributed by atoms with Gasteiger partial charge >= 0.3 is 0 Å². The summed E-state index contributed by atoms with van der Waals surface area (Å²) in [5.74, 6) is 1.27. The number of nitrogens with one attached hydrogen (secondary N) is 1. The number of ketones is 1. The summed E-state index contributed by atoms with van der Waals surface area (Å²) in [6, 6.07) is 10.1. The maximum Gasteiger partial charge on any atom is 0.167 e. The van der Waals surface area contributed by atoms with Crippen molar-refractivity contribution in [3.8, 4) is 31.8 Å². The largest absolute Gasteiger partial charge is 0.299 e. The molecular formula is C20H18ClN5OS2. The molecule has 1 N–H and O–H groups in total. The summed E-state index contributed by atoms with van der Waals surface area (Å²) < 4.78 is 0. The van der Waals surface area contributed by atoms with E-state index in [0.29, 0.717) is 18.0 Å². The fourth-order valence-corrected chi connectivity index (χ4v) is 5.34. The van der Waals surface area contributed by atoms with Gasteiger partial charge in [-0.25, -0.2) is 15.0 Å². The standard InChI is InChI=1S/C20H17N5OS2.ClH/c1-11-17(27-15(23-11)9-14(26)12-7-8-12)20-24-16(13-5-3-2-4-6-13)18(28-20)19-21-10-22-25-19;/h2-6,10,12H,7-9H2,1H3,(H,21,22,25);1H. The molecule has 0 aliphatic heterocycles. The number of Topliss-reactive ketones (excluding diaryl/α,β-unsaturated/α-hetero) is 1. The highest BCUT2D eigenvalue weighted by molar-refractivity contribution is 7.23. The molecular weight excluding hydrogens is 426 g/mol. The Balaban J connectivity index is 0.00000205. The summed E-state index contributed by atoms with van der Waals surface area (Å²) in [6.45, 7) is 1.98. The van der Waals surface area contributed by atoms with Gasteiger partial charge < -0.3 is 0 Å². The van der Waals surface area contributed by atoms with Gasteiger partial charge in [-0.05, 0) is 19.8 Å². The van der Waals surface area contributed by atoms with E-state index in [9.17, 15) is 4.79 Å². The summed E-state index contributed by atoms with van der Waals surface area (Å²) in [6.07, 6.45) is 4.00. The van der Waals surface area contributed by atoms with E-state index in [1.807, 2.05) is 37.3 Å². The van der Waals surface area contributed by atoms with E-state index in [0.717, 1.165) is 49.6 Å². The molecule has 9 heteroatoms. The number of aryl methyl sites for hydroxylation is 1. The number of carbonyl (C=O) groups is 1. The minimum Gasteiger partial charge on any atom is -0.299 e. The first-order valence-corrected chi connectivity index (χ1v) is 10.7. The molecule has 0 radical (unpaired) electrons. The molecule has 5 rings (SSSR count). The second-order valence-corrected chi connectivity index (χ2v) is 8.92. The first-order chi connectivity index (χ1) is 13.7. The lowest BCUT2D eigenvalue weighted by Gasteiger charge is -1.98. The number of halogens is 1. The fourth-order valence-electron chi connectivity index (χ4n) is 3.11. The normalized spacial score (nSPS) is 13.3. The van der Waals surface area contributed by atoms with Crippen LogP contribution < -0.4 is 0 Å². The summed E-state index contributed by atoms with van der Waals surface area (Å²) in [4.78, 5) is 28.0. The van der Waals surface area contributed by atoms with Crippen LogP contribution in [0.4, 0.5) is 0 Å². The molecule has 1 saturated carbocycles. The quantitative estimate of drug-likeness (QED) is 0.454. The zero-order valence-electron chi connectivity index (χ0n) is 15.6. The highest BCUT2D eigenvalue weighted by Crippen LogP contribution is 2.42. The Morgan fingerprint density at radius 1 is 1.14 bits per heavy atom. The fraction of sp³-hybridized carbons (Fsp3) is 0.250. The number of hydrogen-bond acceptors (Lipinski definition) is 7. The Morgan fingerprint density at radius 3 is 2.62 bits per heavy atom. The van der Waals surface area contributed by atoms with E-state index in [1.54, 1.807) is 22.7 Å². The summed E-state index contributed by atoms with van der Waals surface area (Å²) in [7, 11) is 0. The van der Waals surface area contributed by atoms with E-state index in [2.05, 4.69) is 20.2 Å². The number of thiazole rings is 2. The van der Waals surface area contributed by atoms with Crippen LogP contribution >= 0.6 is 35.1 Å². The van der Waals surface area contributed by atoms with Crippen molar-refractivity contribution in [2.45, 2.75) is 26.2 Å². The van der Waals surface area contributed by atoms with Crippen molar-refractivity contribution in [2.75, 3.05) is 0 Å². The smallest absolute Gasteiger partial charge is 0.167 e. The molecule has 0 atom stereocenters. The second kappa shape index (κ2) is 8.14. The third-order valence-electron chi connectivity index (χ3n) is 4.70. The van der Waals surface area contributed by atoms with Crippen LogP contribution in [0.15, 0.2) is 36.7 Å². The minimum atomic E-state index is 0. The summed E-state index contributed by atoms with van der Waals surface area (Å²) in [5, 5.41) is 8.70. The molecule has 1 aromatic carbocycles. The van der Waals surface area contributed by atoms with Gasteiger partial charge in [0.1, 0.15) is 22.1 Å². The Bertz CT molecular complexity index is 1130. The van der Waals surface area contributed by atoms with Crippen molar-refractivity contribution >= 4 is 40.9 Å². The van der Waals surface area contributed by atoms with Crippen LogP contribution in [0.3, 0.4) is 0 Å². The van der Waals surface area contributed by atoms with Crippen molar-refractivity contribution in [1.82, 2.24) is 25.1 Å². The van der Waals surface area contributed by atoms with Gasteiger partial charge in [-0.15, -0.1) is 35.1 Å². The van der Waals surface area contributed by atoms with Gasteiger partial charge in [-0.2, -0.15) is 5.10 Å². The molecule has 0 unspecified atom stereocenters. The lowest BCUT2D eigenvalue weighted by molar-refractivity contribution is -0.119. The van der Waals surface area contributed by atoms with Crippen LogP contribution in [0.5, 0.6) is 0 Å². The van der Waals surface area contributed by atoms with Crippen LogP contribution in [0, 0.1) is 12.8 Å². The molecule has 148 valence electrons. The molecule has 0 saturated heterocycles. The van der Waals surface area contributed by atoms with Crippen molar-refractivity contribution in [3.63, 3.8) is 0 Å². The lowest BCUT2D eigenvalue weighted by Crippen LogP contribution is -2.04. The van der Waals surface area contributed by atoms with Gasteiger partial charge in [0, 0.05) is 11.5 Å². The molecule has 3 heterocycles. The molecule has 0 amide bonds. The zero-order valence-corrected chi connectivity index (χ0v) is 18.0. The van der Waals surface area contributed by atoms with Crippen LogP contribution in [0.1, 0.15) is 23.5 Å². The maximum atomic E-state index is 12.2. The van der Waals surface area contributed by atoms with Crippen LogP contribution in [0.2, 0.25) is 0 Å². The number of aromatic nitrogens is 5. The third kappa shape index (κ3) is 4.01. The van der Waals surface area contributed by atoms with E-state index in [1.165, 1.54) is 6.33 Å². The van der Waals surface area contributed by atoms with Crippen LogP contribution in [-0.4, -0.2) is 30.9 Å². The first kappa shape index (κ1) is 19.9. The summed E-state index contributed by atoms with van der Waals surface area (Å²) in [5.41, 5.74) is 2.82.